The molecule has 0 fully saturated rings. The fourth-order valence-corrected chi connectivity index (χ4v) is 4.57. The number of fused-ring (bicyclic) bond motifs is 1. The van der Waals surface area contributed by atoms with Crippen LogP contribution in [-0.4, -0.2) is 21.6 Å². The Hall–Kier alpha value is -2.22. The molecule has 4 aromatic rings. The van der Waals surface area contributed by atoms with Crippen molar-refractivity contribution in [1.82, 2.24) is 0 Å². The molecule has 0 saturated carbocycles. The molecule has 2 heterocycles. The molecule has 0 radical (unpaired) electrons. The van der Waals surface area contributed by atoms with E-state index < -0.39 is 0 Å². The number of furan rings is 1. The fourth-order valence-electron chi connectivity index (χ4n) is 2.56. The average molecular weight is 353 g/mol. The molecule has 0 aliphatic rings. The third-order valence-electron chi connectivity index (χ3n) is 3.70. The van der Waals surface area contributed by atoms with Crippen LogP contribution in [0.2, 0.25) is 0 Å². The molecule has 108 valence electrons. The van der Waals surface area contributed by atoms with Crippen LogP contribution in [0.3, 0.4) is 0 Å². The van der Waals surface area contributed by atoms with Crippen LogP contribution in [0.5, 0.6) is 5.75 Å². The SMILES string of the molecule is COc1ccc(-c2[se]cc3oc(-c4ccccc4)cc23)cc1. The summed E-state index contributed by atoms with van der Waals surface area (Å²) in [6.07, 6.45) is 0. The molecule has 4 rings (SSSR count). The van der Waals surface area contributed by atoms with Gasteiger partial charge in [-0.05, 0) is 0 Å². The summed E-state index contributed by atoms with van der Waals surface area (Å²) in [5, 5.41) is 1.23. The van der Waals surface area contributed by atoms with Crippen molar-refractivity contribution in [3.8, 4) is 27.1 Å². The van der Waals surface area contributed by atoms with E-state index in [1.807, 2.05) is 30.3 Å². The molecule has 2 aromatic heterocycles. The van der Waals surface area contributed by atoms with E-state index in [0.29, 0.717) is 14.5 Å². The number of benzene rings is 2. The van der Waals surface area contributed by atoms with Gasteiger partial charge in [-0.2, -0.15) is 0 Å². The first-order valence-corrected chi connectivity index (χ1v) is 8.90. The van der Waals surface area contributed by atoms with Crippen molar-refractivity contribution >= 4 is 25.5 Å². The predicted molar refractivity (Wildman–Crippen MR) is 90.6 cm³/mol. The molecule has 0 N–H and O–H groups in total. The number of hydrogen-bond donors (Lipinski definition) is 0. The van der Waals surface area contributed by atoms with E-state index in [9.17, 15) is 0 Å². The van der Waals surface area contributed by atoms with Crippen molar-refractivity contribution in [3.63, 3.8) is 0 Å². The van der Waals surface area contributed by atoms with E-state index >= 15 is 0 Å². The van der Waals surface area contributed by atoms with E-state index in [0.717, 1.165) is 22.7 Å². The third-order valence-corrected chi connectivity index (χ3v) is 5.85. The van der Waals surface area contributed by atoms with E-state index in [4.69, 9.17) is 9.15 Å². The zero-order chi connectivity index (χ0) is 14.9. The number of hydrogen-bond acceptors (Lipinski definition) is 2. The Balaban J connectivity index is 1.80. The van der Waals surface area contributed by atoms with Crippen LogP contribution in [0.4, 0.5) is 0 Å². The molecule has 0 unspecified atom stereocenters. The Labute approximate surface area is 134 Å². The summed E-state index contributed by atoms with van der Waals surface area (Å²) in [7, 11) is 1.69. The van der Waals surface area contributed by atoms with Crippen LogP contribution in [-0.2, 0) is 0 Å². The maximum atomic E-state index is 6.02. The summed E-state index contributed by atoms with van der Waals surface area (Å²) in [5.74, 6) is 1.82. The van der Waals surface area contributed by atoms with E-state index in [1.165, 1.54) is 15.4 Å². The van der Waals surface area contributed by atoms with Gasteiger partial charge in [0.05, 0.1) is 0 Å². The molecule has 0 spiro atoms. The Kier molecular flexibility index (Phi) is 3.38. The van der Waals surface area contributed by atoms with Crippen LogP contribution in [0, 0.1) is 0 Å². The zero-order valence-corrected chi connectivity index (χ0v) is 13.8. The molecule has 0 amide bonds. The summed E-state index contributed by atoms with van der Waals surface area (Å²) in [6.45, 7) is 0. The molecule has 2 aromatic carbocycles. The standard InChI is InChI=1S/C19H14O2Se/c1-20-15-9-7-14(8-10-15)19-16-11-17(21-18(16)12-22-19)13-5-3-2-4-6-13/h2-12H,1H3. The van der Waals surface area contributed by atoms with Gasteiger partial charge in [-0.3, -0.25) is 0 Å². The van der Waals surface area contributed by atoms with Gasteiger partial charge in [0, 0.05) is 0 Å². The molecular weight excluding hydrogens is 339 g/mol. The minimum atomic E-state index is 0.317. The van der Waals surface area contributed by atoms with Gasteiger partial charge in [-0.1, -0.05) is 0 Å². The van der Waals surface area contributed by atoms with Crippen molar-refractivity contribution < 1.29 is 9.15 Å². The second-order valence-electron chi connectivity index (χ2n) is 5.05. The molecular formula is C19H14O2Se. The first-order chi connectivity index (χ1) is 10.8. The summed E-state index contributed by atoms with van der Waals surface area (Å²) in [6, 6.07) is 20.7. The summed E-state index contributed by atoms with van der Waals surface area (Å²) >= 11 is 0.317. The summed E-state index contributed by atoms with van der Waals surface area (Å²) < 4.78 is 12.6. The van der Waals surface area contributed by atoms with Crippen molar-refractivity contribution in [2.45, 2.75) is 0 Å². The quantitative estimate of drug-likeness (QED) is 0.492. The van der Waals surface area contributed by atoms with Gasteiger partial charge < -0.3 is 0 Å². The third kappa shape index (κ3) is 2.29. The first-order valence-electron chi connectivity index (χ1n) is 7.06. The zero-order valence-electron chi connectivity index (χ0n) is 12.1. The normalized spacial score (nSPS) is 11.0. The van der Waals surface area contributed by atoms with E-state index in [1.54, 1.807) is 7.11 Å². The predicted octanol–water partition coefficient (Wildman–Crippen LogP) is 4.83. The van der Waals surface area contributed by atoms with Crippen LogP contribution >= 0.6 is 0 Å². The molecule has 0 saturated heterocycles. The summed E-state index contributed by atoms with van der Waals surface area (Å²) in [5.41, 5.74) is 3.37. The number of methoxy groups -OCH3 is 1. The molecule has 3 heteroatoms. The Morgan fingerprint density at radius 3 is 2.41 bits per heavy atom. The maximum absolute atomic E-state index is 6.02. The van der Waals surface area contributed by atoms with Gasteiger partial charge >= 0.3 is 134 Å². The summed E-state index contributed by atoms with van der Waals surface area (Å²) in [4.78, 5) is 2.22. The molecule has 2 nitrogen and oxygen atoms in total. The van der Waals surface area contributed by atoms with Gasteiger partial charge in [0.15, 0.2) is 0 Å². The van der Waals surface area contributed by atoms with Crippen molar-refractivity contribution in [2.75, 3.05) is 7.11 Å². The van der Waals surface area contributed by atoms with Crippen LogP contribution in [0.25, 0.3) is 32.3 Å². The Morgan fingerprint density at radius 2 is 1.68 bits per heavy atom. The molecule has 0 aliphatic carbocycles. The first kappa shape index (κ1) is 13.4. The second kappa shape index (κ2) is 5.52. The minimum absolute atomic E-state index is 0.317. The monoisotopic (exact) mass is 354 g/mol. The van der Waals surface area contributed by atoms with Gasteiger partial charge in [-0.25, -0.2) is 0 Å². The Morgan fingerprint density at radius 1 is 0.909 bits per heavy atom. The molecule has 0 aliphatic heterocycles. The van der Waals surface area contributed by atoms with Gasteiger partial charge in [-0.15, -0.1) is 0 Å². The van der Waals surface area contributed by atoms with Gasteiger partial charge in [0.25, 0.3) is 0 Å². The molecule has 0 atom stereocenters. The van der Waals surface area contributed by atoms with Crippen LogP contribution < -0.4 is 4.74 Å². The molecule has 0 bridgehead atoms. The number of ether oxygens (including phenoxy) is 1. The van der Waals surface area contributed by atoms with E-state index in [2.05, 4.69) is 35.3 Å². The second-order valence-corrected chi connectivity index (χ2v) is 6.89. The number of rotatable bonds is 3. The van der Waals surface area contributed by atoms with Gasteiger partial charge in [0.2, 0.25) is 0 Å². The molecule has 22 heavy (non-hydrogen) atoms. The van der Waals surface area contributed by atoms with Gasteiger partial charge in [0.1, 0.15) is 0 Å². The Bertz CT molecular complexity index is 902. The average Bonchev–Trinajstić information content (AvgIpc) is 3.16. The van der Waals surface area contributed by atoms with Crippen molar-refractivity contribution in [2.24, 2.45) is 0 Å². The van der Waals surface area contributed by atoms with Crippen molar-refractivity contribution in [3.05, 3.63) is 65.6 Å². The van der Waals surface area contributed by atoms with E-state index in [-0.39, 0.29) is 0 Å². The fraction of sp³-hybridized carbons (Fsp3) is 0.0526. The van der Waals surface area contributed by atoms with Crippen LogP contribution in [0.1, 0.15) is 0 Å². The van der Waals surface area contributed by atoms with Crippen LogP contribution in [0.15, 0.2) is 70.0 Å². The topological polar surface area (TPSA) is 22.4 Å². The van der Waals surface area contributed by atoms with Crippen molar-refractivity contribution in [1.29, 1.82) is 0 Å².